The number of hydrogen-bond donors (Lipinski definition) is 3. The molecule has 3 unspecified atom stereocenters. The van der Waals surface area contributed by atoms with Crippen LogP contribution in [0.1, 0.15) is 52.4 Å². The van der Waals surface area contributed by atoms with Gasteiger partial charge in [-0.3, -0.25) is 9.59 Å². The van der Waals surface area contributed by atoms with E-state index in [1.807, 2.05) is 0 Å². The first kappa shape index (κ1) is 16.0. The van der Waals surface area contributed by atoms with Gasteiger partial charge in [-0.1, -0.05) is 13.3 Å². The third kappa shape index (κ3) is 6.57. The fraction of sp³-hybridized carbons (Fsp3) is 0.857. The molecule has 1 aliphatic heterocycles. The van der Waals surface area contributed by atoms with Crippen LogP contribution in [0.5, 0.6) is 0 Å². The minimum absolute atomic E-state index is 0.127. The van der Waals surface area contributed by atoms with E-state index >= 15 is 0 Å². The molecule has 0 radical (unpaired) electrons. The molecule has 1 aliphatic rings. The van der Waals surface area contributed by atoms with Crippen LogP contribution in [0.25, 0.3) is 0 Å². The topological polar surface area (TPSA) is 78.4 Å². The number of aliphatic carboxylic acids is 1. The van der Waals surface area contributed by atoms with Crippen LogP contribution in [0.4, 0.5) is 0 Å². The van der Waals surface area contributed by atoms with Gasteiger partial charge in [0.25, 0.3) is 0 Å². The van der Waals surface area contributed by atoms with Crippen molar-refractivity contribution in [2.24, 2.45) is 5.92 Å². The van der Waals surface area contributed by atoms with E-state index in [1.54, 1.807) is 6.92 Å². The third-order valence-corrected chi connectivity index (χ3v) is 3.70. The molecule has 1 saturated heterocycles. The summed E-state index contributed by atoms with van der Waals surface area (Å²) < 4.78 is 0. The number of rotatable bonds is 7. The van der Waals surface area contributed by atoms with E-state index in [-0.39, 0.29) is 17.9 Å². The number of nitrogens with one attached hydrogen (secondary N) is 2. The Labute approximate surface area is 115 Å². The average Bonchev–Trinajstić information content (AvgIpc) is 2.53. The van der Waals surface area contributed by atoms with Crippen LogP contribution < -0.4 is 10.6 Å². The summed E-state index contributed by atoms with van der Waals surface area (Å²) in [6, 6.07) is 0.589. The predicted molar refractivity (Wildman–Crippen MR) is 73.9 cm³/mol. The summed E-state index contributed by atoms with van der Waals surface area (Å²) in [6.45, 7) is 4.63. The Bertz CT molecular complexity index is 307. The van der Waals surface area contributed by atoms with E-state index in [0.29, 0.717) is 18.9 Å². The van der Waals surface area contributed by atoms with E-state index in [0.717, 1.165) is 32.2 Å². The highest BCUT2D eigenvalue weighted by Gasteiger charge is 2.19. The van der Waals surface area contributed by atoms with Crippen LogP contribution in [-0.2, 0) is 9.59 Å². The molecule has 0 aliphatic carbocycles. The zero-order valence-electron chi connectivity index (χ0n) is 11.9. The lowest BCUT2D eigenvalue weighted by molar-refractivity contribution is -0.141. The van der Waals surface area contributed by atoms with Gasteiger partial charge in [0.05, 0.1) is 5.92 Å². The Hall–Kier alpha value is -1.10. The Balaban J connectivity index is 2.20. The van der Waals surface area contributed by atoms with Gasteiger partial charge in [0.1, 0.15) is 0 Å². The van der Waals surface area contributed by atoms with Crippen molar-refractivity contribution in [3.8, 4) is 0 Å². The van der Waals surface area contributed by atoms with Crippen LogP contribution in [0, 0.1) is 5.92 Å². The van der Waals surface area contributed by atoms with Crippen molar-refractivity contribution in [3.63, 3.8) is 0 Å². The molecule has 3 atom stereocenters. The lowest BCUT2D eigenvalue weighted by Gasteiger charge is -2.21. The van der Waals surface area contributed by atoms with Crippen molar-refractivity contribution in [2.45, 2.75) is 64.5 Å². The van der Waals surface area contributed by atoms with Crippen LogP contribution >= 0.6 is 0 Å². The quantitative estimate of drug-likeness (QED) is 0.655. The first-order valence-electron chi connectivity index (χ1n) is 7.24. The van der Waals surface area contributed by atoms with Gasteiger partial charge >= 0.3 is 5.97 Å². The molecule has 3 N–H and O–H groups in total. The van der Waals surface area contributed by atoms with E-state index < -0.39 is 5.97 Å². The first-order chi connectivity index (χ1) is 8.99. The number of carbonyl (C=O) groups is 2. The highest BCUT2D eigenvalue weighted by molar-refractivity contribution is 5.76. The zero-order chi connectivity index (χ0) is 14.3. The second-order valence-corrected chi connectivity index (χ2v) is 5.63. The highest BCUT2D eigenvalue weighted by Crippen LogP contribution is 2.12. The summed E-state index contributed by atoms with van der Waals surface area (Å²) in [5.74, 6) is -0.862. The summed E-state index contributed by atoms with van der Waals surface area (Å²) in [4.78, 5) is 22.1. The van der Waals surface area contributed by atoms with Crippen molar-refractivity contribution in [1.82, 2.24) is 10.6 Å². The molecule has 19 heavy (non-hydrogen) atoms. The van der Waals surface area contributed by atoms with Gasteiger partial charge in [0, 0.05) is 25.0 Å². The monoisotopic (exact) mass is 270 g/mol. The van der Waals surface area contributed by atoms with Gasteiger partial charge in [0.2, 0.25) is 5.91 Å². The van der Waals surface area contributed by atoms with Crippen molar-refractivity contribution in [3.05, 3.63) is 0 Å². The van der Waals surface area contributed by atoms with Crippen molar-refractivity contribution < 1.29 is 14.7 Å². The molecule has 0 spiro atoms. The van der Waals surface area contributed by atoms with Crippen molar-refractivity contribution in [1.29, 1.82) is 0 Å². The minimum Gasteiger partial charge on any atom is -0.481 e. The molecule has 110 valence electrons. The van der Waals surface area contributed by atoms with Gasteiger partial charge in [-0.25, -0.2) is 0 Å². The molecule has 0 bridgehead atoms. The lowest BCUT2D eigenvalue weighted by atomic mass is 10.0. The normalized spacial score (nSPS) is 23.3. The number of hydrogen-bond acceptors (Lipinski definition) is 3. The van der Waals surface area contributed by atoms with Gasteiger partial charge in [-0.2, -0.15) is 0 Å². The largest absolute Gasteiger partial charge is 0.481 e. The minimum atomic E-state index is -0.721. The predicted octanol–water partition coefficient (Wildman–Crippen LogP) is 1.52. The second kappa shape index (κ2) is 8.15. The maximum Gasteiger partial charge on any atom is 0.306 e. The Morgan fingerprint density at radius 3 is 2.89 bits per heavy atom. The highest BCUT2D eigenvalue weighted by atomic mass is 16.4. The number of carboxylic acids is 1. The maximum atomic E-state index is 11.4. The fourth-order valence-electron chi connectivity index (χ4n) is 2.46. The third-order valence-electron chi connectivity index (χ3n) is 3.70. The Morgan fingerprint density at radius 1 is 1.47 bits per heavy atom. The zero-order valence-corrected chi connectivity index (χ0v) is 11.9. The number of amides is 1. The first-order valence-corrected chi connectivity index (χ1v) is 7.24. The van der Waals surface area contributed by atoms with Crippen LogP contribution in [0.3, 0.4) is 0 Å². The molecule has 0 saturated carbocycles. The van der Waals surface area contributed by atoms with Crippen molar-refractivity contribution >= 4 is 11.9 Å². The number of carbonyl (C=O) groups excluding carboxylic acids is 1. The summed E-state index contributed by atoms with van der Waals surface area (Å²) in [6.07, 6.45) is 5.17. The molecule has 0 aromatic rings. The smallest absolute Gasteiger partial charge is 0.306 e. The Morgan fingerprint density at radius 2 is 2.21 bits per heavy atom. The SMILES string of the molecule is CC(CCCC(C)C(=O)O)NC1CCCNC(=O)C1. The molecule has 1 amide bonds. The molecule has 1 fully saturated rings. The van der Waals surface area contributed by atoms with Crippen LogP contribution in [-0.4, -0.2) is 35.6 Å². The van der Waals surface area contributed by atoms with Gasteiger partial charge in [-0.15, -0.1) is 0 Å². The van der Waals surface area contributed by atoms with E-state index in [2.05, 4.69) is 17.6 Å². The molecule has 5 nitrogen and oxygen atoms in total. The molecule has 5 heteroatoms. The molecular weight excluding hydrogens is 244 g/mol. The standard InChI is InChI=1S/C14H26N2O3/c1-10(14(18)19)5-3-6-11(2)16-12-7-4-8-15-13(17)9-12/h10-12,16H,3-9H2,1-2H3,(H,15,17)(H,18,19). The molecule has 1 rings (SSSR count). The maximum absolute atomic E-state index is 11.4. The lowest BCUT2D eigenvalue weighted by Crippen LogP contribution is -2.38. The van der Waals surface area contributed by atoms with E-state index in [9.17, 15) is 9.59 Å². The molecule has 0 aromatic heterocycles. The molecule has 1 heterocycles. The second-order valence-electron chi connectivity index (χ2n) is 5.63. The van der Waals surface area contributed by atoms with Gasteiger partial charge in [0.15, 0.2) is 0 Å². The van der Waals surface area contributed by atoms with E-state index in [1.165, 1.54) is 0 Å². The summed E-state index contributed by atoms with van der Waals surface area (Å²) in [5, 5.41) is 15.2. The van der Waals surface area contributed by atoms with Crippen molar-refractivity contribution in [2.75, 3.05) is 6.54 Å². The van der Waals surface area contributed by atoms with Gasteiger partial charge in [-0.05, 0) is 32.6 Å². The number of carboxylic acid groups (broad SMARTS) is 1. The Kier molecular flexibility index (Phi) is 6.84. The fourth-order valence-corrected chi connectivity index (χ4v) is 2.46. The average molecular weight is 270 g/mol. The van der Waals surface area contributed by atoms with E-state index in [4.69, 9.17) is 5.11 Å². The van der Waals surface area contributed by atoms with Crippen LogP contribution in [0.15, 0.2) is 0 Å². The van der Waals surface area contributed by atoms with Gasteiger partial charge < -0.3 is 15.7 Å². The van der Waals surface area contributed by atoms with Crippen LogP contribution in [0.2, 0.25) is 0 Å². The summed E-state index contributed by atoms with van der Waals surface area (Å²) in [7, 11) is 0. The summed E-state index contributed by atoms with van der Waals surface area (Å²) in [5.41, 5.74) is 0. The summed E-state index contributed by atoms with van der Waals surface area (Å²) >= 11 is 0. The molecule has 0 aromatic carbocycles. The molecular formula is C14H26N2O3.